The smallest absolute Gasteiger partial charge is 0.306 e. The average molecular weight is 627 g/mol. The van der Waals surface area contributed by atoms with Crippen molar-refractivity contribution < 1.29 is 24.2 Å². The van der Waals surface area contributed by atoms with Gasteiger partial charge in [-0.15, -0.1) is 0 Å². The van der Waals surface area contributed by atoms with Crippen molar-refractivity contribution in [2.24, 2.45) is 0 Å². The largest absolute Gasteiger partial charge is 0.462 e. The minimum atomic E-state index is -0.794. The van der Waals surface area contributed by atoms with Gasteiger partial charge in [0.1, 0.15) is 6.61 Å². The summed E-state index contributed by atoms with van der Waals surface area (Å²) in [5.41, 5.74) is 0. The Kier molecular flexibility index (Phi) is 33.7. The maximum atomic E-state index is 12.1. The predicted octanol–water partition coefficient (Wildman–Crippen LogP) is 11.0. The highest BCUT2D eigenvalue weighted by Crippen LogP contribution is 2.12. The third kappa shape index (κ3) is 34.1. The van der Waals surface area contributed by atoms with Crippen LogP contribution in [0.5, 0.6) is 0 Å². The second kappa shape index (κ2) is 35.8. The Morgan fingerprint density at radius 3 is 1.44 bits per heavy atom. The van der Waals surface area contributed by atoms with E-state index in [-0.39, 0.29) is 25.2 Å². The molecule has 0 aliphatic carbocycles. The van der Waals surface area contributed by atoms with Crippen LogP contribution < -0.4 is 0 Å². The molecule has 0 aliphatic heterocycles. The van der Waals surface area contributed by atoms with E-state index >= 15 is 0 Å². The van der Waals surface area contributed by atoms with Gasteiger partial charge in [0.2, 0.25) is 0 Å². The van der Waals surface area contributed by atoms with Gasteiger partial charge >= 0.3 is 11.9 Å². The van der Waals surface area contributed by atoms with Crippen LogP contribution in [0.3, 0.4) is 0 Å². The van der Waals surface area contributed by atoms with Gasteiger partial charge in [0.05, 0.1) is 6.61 Å². The molecule has 256 valence electrons. The Bertz CT molecular complexity index is 849. The number of carbonyl (C=O) groups excluding carboxylic acids is 2. The van der Waals surface area contributed by atoms with Crippen LogP contribution in [0.25, 0.3) is 0 Å². The van der Waals surface area contributed by atoms with Gasteiger partial charge in [0.25, 0.3) is 0 Å². The van der Waals surface area contributed by atoms with E-state index in [9.17, 15) is 14.7 Å². The number of aliphatic hydroxyl groups excluding tert-OH is 1. The van der Waals surface area contributed by atoms with Crippen LogP contribution in [-0.2, 0) is 19.1 Å². The first-order valence-corrected chi connectivity index (χ1v) is 18.0. The monoisotopic (exact) mass is 626 g/mol. The van der Waals surface area contributed by atoms with Crippen molar-refractivity contribution in [1.29, 1.82) is 0 Å². The quantitative estimate of drug-likeness (QED) is 0.0471. The molecule has 0 aromatic heterocycles. The number of allylic oxidation sites excluding steroid dienone is 12. The van der Waals surface area contributed by atoms with Gasteiger partial charge in [-0.3, -0.25) is 9.59 Å². The van der Waals surface area contributed by atoms with E-state index in [1.165, 1.54) is 44.9 Å². The van der Waals surface area contributed by atoms with Gasteiger partial charge in [-0.2, -0.15) is 0 Å². The van der Waals surface area contributed by atoms with E-state index in [2.05, 4.69) is 86.8 Å². The molecule has 0 bridgehead atoms. The number of aliphatic hydroxyl groups is 1. The number of ether oxygens (including phenoxy) is 2. The average Bonchev–Trinajstić information content (AvgIpc) is 3.04. The van der Waals surface area contributed by atoms with Crippen LogP contribution in [0.15, 0.2) is 72.9 Å². The van der Waals surface area contributed by atoms with Gasteiger partial charge in [0, 0.05) is 12.8 Å². The zero-order valence-corrected chi connectivity index (χ0v) is 28.8. The van der Waals surface area contributed by atoms with Crippen molar-refractivity contribution in [2.75, 3.05) is 13.2 Å². The van der Waals surface area contributed by atoms with Gasteiger partial charge < -0.3 is 14.6 Å². The fraction of sp³-hybridized carbons (Fsp3) is 0.650. The molecule has 0 heterocycles. The summed E-state index contributed by atoms with van der Waals surface area (Å²) in [4.78, 5) is 24.1. The number of hydrogen-bond acceptors (Lipinski definition) is 5. The summed E-state index contributed by atoms with van der Waals surface area (Å²) in [6.07, 6.45) is 46.7. The Labute approximate surface area is 276 Å². The lowest BCUT2D eigenvalue weighted by atomic mass is 10.1. The van der Waals surface area contributed by atoms with Crippen LogP contribution in [0, 0.1) is 0 Å². The van der Waals surface area contributed by atoms with E-state index in [1.54, 1.807) is 0 Å². The zero-order valence-electron chi connectivity index (χ0n) is 28.8. The van der Waals surface area contributed by atoms with Crippen LogP contribution in [0.1, 0.15) is 149 Å². The number of hydrogen-bond donors (Lipinski definition) is 1. The Morgan fingerprint density at radius 2 is 0.956 bits per heavy atom. The van der Waals surface area contributed by atoms with Crippen LogP contribution in [-0.4, -0.2) is 36.4 Å². The molecule has 0 aliphatic rings. The van der Waals surface area contributed by atoms with E-state index in [4.69, 9.17) is 9.47 Å². The maximum absolute atomic E-state index is 12.1. The molecule has 1 N–H and O–H groups in total. The summed E-state index contributed by atoms with van der Waals surface area (Å²) >= 11 is 0. The third-order valence-corrected chi connectivity index (χ3v) is 7.26. The molecule has 0 saturated carbocycles. The third-order valence-electron chi connectivity index (χ3n) is 7.26. The Balaban J connectivity index is 3.72. The molecule has 0 amide bonds. The van der Waals surface area contributed by atoms with Gasteiger partial charge in [-0.1, -0.05) is 145 Å². The molecule has 0 rings (SSSR count). The molecular weight excluding hydrogens is 560 g/mol. The molecule has 1 unspecified atom stereocenters. The minimum absolute atomic E-state index is 0.0859. The highest BCUT2D eigenvalue weighted by Gasteiger charge is 2.16. The Hall–Kier alpha value is -2.66. The molecule has 5 nitrogen and oxygen atoms in total. The lowest BCUT2D eigenvalue weighted by Crippen LogP contribution is -2.28. The van der Waals surface area contributed by atoms with E-state index in [0.717, 1.165) is 77.0 Å². The van der Waals surface area contributed by atoms with Crippen LogP contribution >= 0.6 is 0 Å². The molecule has 1 atom stereocenters. The summed E-state index contributed by atoms with van der Waals surface area (Å²) in [6.45, 7) is 3.95. The summed E-state index contributed by atoms with van der Waals surface area (Å²) < 4.78 is 10.5. The van der Waals surface area contributed by atoms with Crippen molar-refractivity contribution in [1.82, 2.24) is 0 Å². The summed E-state index contributed by atoms with van der Waals surface area (Å²) in [5, 5.41) is 9.51. The molecule has 0 spiro atoms. The first-order chi connectivity index (χ1) is 22.1. The SMILES string of the molecule is CC/C=C\C/C=C\C/C=C\C/C=C\C/C=C\C/C=C\CCCCC(=O)OC(CO)COC(=O)CCCCCCCCCCCC. The fourth-order valence-corrected chi connectivity index (χ4v) is 4.55. The van der Waals surface area contributed by atoms with Crippen molar-refractivity contribution >= 4 is 11.9 Å². The van der Waals surface area contributed by atoms with Crippen molar-refractivity contribution in [3.63, 3.8) is 0 Å². The van der Waals surface area contributed by atoms with Crippen LogP contribution in [0.4, 0.5) is 0 Å². The topological polar surface area (TPSA) is 72.8 Å². The zero-order chi connectivity index (χ0) is 32.9. The van der Waals surface area contributed by atoms with Gasteiger partial charge in [-0.05, 0) is 64.2 Å². The van der Waals surface area contributed by atoms with E-state index < -0.39 is 6.10 Å². The first-order valence-electron chi connectivity index (χ1n) is 18.0. The van der Waals surface area contributed by atoms with Crippen LogP contribution in [0.2, 0.25) is 0 Å². The van der Waals surface area contributed by atoms with Gasteiger partial charge in [0.15, 0.2) is 6.10 Å². The van der Waals surface area contributed by atoms with E-state index in [0.29, 0.717) is 12.8 Å². The molecule has 5 heteroatoms. The van der Waals surface area contributed by atoms with Gasteiger partial charge in [-0.25, -0.2) is 0 Å². The minimum Gasteiger partial charge on any atom is -0.462 e. The lowest BCUT2D eigenvalue weighted by molar-refractivity contribution is -0.161. The second-order valence-corrected chi connectivity index (χ2v) is 11.6. The highest BCUT2D eigenvalue weighted by atomic mass is 16.6. The normalized spacial score (nSPS) is 13.0. The Morgan fingerprint density at radius 1 is 0.533 bits per heavy atom. The van der Waals surface area contributed by atoms with Crippen molar-refractivity contribution in [3.05, 3.63) is 72.9 Å². The molecule has 0 radical (unpaired) electrons. The van der Waals surface area contributed by atoms with Crippen molar-refractivity contribution in [3.8, 4) is 0 Å². The standard InChI is InChI=1S/C40H66O5/c1-3-5-7-9-11-13-15-16-17-18-19-20-21-22-23-24-25-27-29-31-33-35-40(43)45-38(36-41)37-44-39(42)34-32-30-28-26-14-12-10-8-6-4-2/h5,7,11,13,16-17,19-20,22-23,25,27,38,41H,3-4,6,8-10,12,14-15,18,21,24,26,28-37H2,1-2H3/b7-5-,13-11-,17-16-,20-19-,23-22-,27-25-. The molecule has 0 fully saturated rings. The molecule has 45 heavy (non-hydrogen) atoms. The molecule has 0 aromatic carbocycles. The fourth-order valence-electron chi connectivity index (χ4n) is 4.55. The molecular formula is C40H66O5. The first kappa shape index (κ1) is 42.3. The number of unbranched alkanes of at least 4 members (excludes halogenated alkanes) is 11. The number of esters is 2. The second-order valence-electron chi connectivity index (χ2n) is 11.6. The maximum Gasteiger partial charge on any atom is 0.306 e. The van der Waals surface area contributed by atoms with Crippen molar-refractivity contribution in [2.45, 2.75) is 155 Å². The summed E-state index contributed by atoms with van der Waals surface area (Å²) in [7, 11) is 0. The lowest BCUT2D eigenvalue weighted by Gasteiger charge is -2.15. The van der Waals surface area contributed by atoms with E-state index in [1.807, 2.05) is 0 Å². The molecule has 0 aromatic rings. The highest BCUT2D eigenvalue weighted by molar-refractivity contribution is 5.70. The number of carbonyl (C=O) groups is 2. The molecule has 0 saturated heterocycles. The number of rotatable bonds is 31. The predicted molar refractivity (Wildman–Crippen MR) is 191 cm³/mol. The summed E-state index contributed by atoms with van der Waals surface area (Å²) in [5.74, 6) is -0.650. The summed E-state index contributed by atoms with van der Waals surface area (Å²) in [6, 6.07) is 0.